The van der Waals surface area contributed by atoms with Crippen LogP contribution in [-0.4, -0.2) is 33.4 Å². The van der Waals surface area contributed by atoms with Crippen molar-refractivity contribution in [2.45, 2.75) is 19.9 Å². The number of rotatable bonds is 6. The molecule has 2 N–H and O–H groups in total. The van der Waals surface area contributed by atoms with Crippen LogP contribution in [0.5, 0.6) is 5.75 Å². The number of nitrogens with one attached hydrogen (secondary N) is 1. The van der Waals surface area contributed by atoms with E-state index in [2.05, 4.69) is 10.4 Å². The Bertz CT molecular complexity index is 710. The summed E-state index contributed by atoms with van der Waals surface area (Å²) in [4.78, 5) is 23.4. The van der Waals surface area contributed by atoms with Gasteiger partial charge in [0.1, 0.15) is 5.69 Å². The quantitative estimate of drug-likeness (QED) is 0.839. The van der Waals surface area contributed by atoms with E-state index in [0.29, 0.717) is 17.0 Å². The monoisotopic (exact) mass is 317 g/mol. The average molecular weight is 317 g/mol. The second-order valence-corrected chi connectivity index (χ2v) is 5.16. The highest BCUT2D eigenvalue weighted by Gasteiger charge is 2.22. The smallest absolute Gasteiger partial charge is 0.330 e. The molecule has 0 spiro atoms. The first-order valence-electron chi connectivity index (χ1n) is 7.10. The third kappa shape index (κ3) is 3.88. The Morgan fingerprint density at radius 1 is 1.30 bits per heavy atom. The Labute approximate surface area is 133 Å². The molecule has 7 heteroatoms. The minimum atomic E-state index is -1.13. The fourth-order valence-corrected chi connectivity index (χ4v) is 2.24. The molecule has 1 aromatic carbocycles. The second kappa shape index (κ2) is 6.95. The maximum atomic E-state index is 12.0. The maximum Gasteiger partial charge on any atom is 0.330 e. The molecular formula is C16H19N3O4. The molecular weight excluding hydrogens is 298 g/mol. The van der Waals surface area contributed by atoms with Crippen molar-refractivity contribution in [3.8, 4) is 5.75 Å². The summed E-state index contributed by atoms with van der Waals surface area (Å²) in [6.45, 7) is 3.34. The molecule has 2 aromatic rings. The lowest BCUT2D eigenvalue weighted by atomic mass is 10.1. The number of aryl methyl sites for hydroxylation is 2. The fourth-order valence-electron chi connectivity index (χ4n) is 2.24. The van der Waals surface area contributed by atoms with Crippen LogP contribution in [0.1, 0.15) is 23.0 Å². The lowest BCUT2D eigenvalue weighted by molar-refractivity contribution is -0.142. The van der Waals surface area contributed by atoms with Crippen LogP contribution in [0.4, 0.5) is 0 Å². The number of carboxylic acids is 1. The number of hydrogen-bond acceptors (Lipinski definition) is 4. The first-order chi connectivity index (χ1) is 10.9. The second-order valence-electron chi connectivity index (χ2n) is 5.16. The largest absolute Gasteiger partial charge is 0.480 e. The minimum absolute atomic E-state index is 0.274. The first-order valence-corrected chi connectivity index (χ1v) is 7.10. The van der Waals surface area contributed by atoms with E-state index >= 15 is 0 Å². The molecule has 1 amide bonds. The minimum Gasteiger partial charge on any atom is -0.480 e. The predicted molar refractivity (Wildman–Crippen MR) is 83.1 cm³/mol. The Balaban J connectivity index is 2.01. The molecule has 0 bridgehead atoms. The van der Waals surface area contributed by atoms with Crippen molar-refractivity contribution in [3.63, 3.8) is 0 Å². The molecule has 2 rings (SSSR count). The predicted octanol–water partition coefficient (Wildman–Crippen LogP) is 1.36. The maximum absolute atomic E-state index is 12.0. The molecule has 1 unspecified atom stereocenters. The van der Waals surface area contributed by atoms with E-state index in [1.807, 2.05) is 6.92 Å². The molecule has 1 heterocycles. The Morgan fingerprint density at radius 3 is 2.48 bits per heavy atom. The van der Waals surface area contributed by atoms with Crippen molar-refractivity contribution in [1.82, 2.24) is 15.1 Å². The van der Waals surface area contributed by atoms with E-state index in [-0.39, 0.29) is 6.61 Å². The number of nitrogens with zero attached hydrogens (tertiary/aromatic N) is 2. The molecule has 0 aliphatic rings. The summed E-state index contributed by atoms with van der Waals surface area (Å²) in [7, 11) is 1.78. The lowest BCUT2D eigenvalue weighted by Crippen LogP contribution is -2.36. The van der Waals surface area contributed by atoms with Gasteiger partial charge in [-0.15, -0.1) is 0 Å². The van der Waals surface area contributed by atoms with Crippen LogP contribution in [0.3, 0.4) is 0 Å². The highest BCUT2D eigenvalue weighted by atomic mass is 16.5. The van der Waals surface area contributed by atoms with Gasteiger partial charge in [-0.05, 0) is 19.4 Å². The summed E-state index contributed by atoms with van der Waals surface area (Å²) in [5.74, 6) is -1.10. The summed E-state index contributed by atoms with van der Waals surface area (Å²) in [6.07, 6.45) is 0. The van der Waals surface area contributed by atoms with Gasteiger partial charge in [-0.3, -0.25) is 9.48 Å². The number of hydrogen-bond donors (Lipinski definition) is 2. The molecule has 0 aliphatic heterocycles. The highest BCUT2D eigenvalue weighted by molar-refractivity contribution is 5.85. The molecule has 23 heavy (non-hydrogen) atoms. The zero-order valence-electron chi connectivity index (χ0n) is 13.2. The molecule has 0 fully saturated rings. The van der Waals surface area contributed by atoms with E-state index in [1.165, 1.54) is 0 Å². The lowest BCUT2D eigenvalue weighted by Gasteiger charge is -2.15. The van der Waals surface area contributed by atoms with Crippen LogP contribution >= 0.6 is 0 Å². The summed E-state index contributed by atoms with van der Waals surface area (Å²) < 4.78 is 7.14. The van der Waals surface area contributed by atoms with Gasteiger partial charge in [0, 0.05) is 7.05 Å². The van der Waals surface area contributed by atoms with Crippen LogP contribution in [0.15, 0.2) is 30.3 Å². The fraction of sp³-hybridized carbons (Fsp3) is 0.312. The van der Waals surface area contributed by atoms with Crippen molar-refractivity contribution in [3.05, 3.63) is 47.3 Å². The van der Waals surface area contributed by atoms with Gasteiger partial charge in [0.15, 0.2) is 18.4 Å². The summed E-state index contributed by atoms with van der Waals surface area (Å²) in [5, 5.41) is 15.9. The molecule has 7 nitrogen and oxygen atoms in total. The topological polar surface area (TPSA) is 93.5 Å². The van der Waals surface area contributed by atoms with Crippen molar-refractivity contribution in [2.75, 3.05) is 6.61 Å². The van der Waals surface area contributed by atoms with Gasteiger partial charge in [0.25, 0.3) is 5.91 Å². The molecule has 1 atom stereocenters. The van der Waals surface area contributed by atoms with Crippen LogP contribution in [0, 0.1) is 13.8 Å². The molecule has 1 aromatic heterocycles. The number of aromatic nitrogens is 2. The standard InChI is InChI=1S/C16H19N3O4/c1-10-15(11(2)19(3)18-10)23-9-13(20)17-14(16(21)22)12-7-5-4-6-8-12/h4-8,14H,9H2,1-3H3,(H,17,20)(H,21,22). The van der Waals surface area contributed by atoms with Gasteiger partial charge in [-0.2, -0.15) is 5.10 Å². The van der Waals surface area contributed by atoms with Crippen LogP contribution in [-0.2, 0) is 16.6 Å². The van der Waals surface area contributed by atoms with Gasteiger partial charge in [-0.25, -0.2) is 4.79 Å². The number of ether oxygens (including phenoxy) is 1. The Morgan fingerprint density at radius 2 is 1.96 bits per heavy atom. The molecule has 122 valence electrons. The summed E-state index contributed by atoms with van der Waals surface area (Å²) in [6, 6.07) is 7.40. The van der Waals surface area contributed by atoms with E-state index in [0.717, 1.165) is 5.69 Å². The SMILES string of the molecule is Cc1nn(C)c(C)c1OCC(=O)NC(C(=O)O)c1ccccc1. The van der Waals surface area contributed by atoms with E-state index in [1.54, 1.807) is 49.0 Å². The van der Waals surface area contributed by atoms with E-state index in [4.69, 9.17) is 4.74 Å². The zero-order valence-corrected chi connectivity index (χ0v) is 13.2. The van der Waals surface area contributed by atoms with Gasteiger partial charge in [0.2, 0.25) is 0 Å². The molecule has 0 saturated carbocycles. The highest BCUT2D eigenvalue weighted by Crippen LogP contribution is 2.21. The summed E-state index contributed by atoms with van der Waals surface area (Å²) >= 11 is 0. The number of carbonyl (C=O) groups is 2. The van der Waals surface area contributed by atoms with Crippen LogP contribution < -0.4 is 10.1 Å². The summed E-state index contributed by atoms with van der Waals surface area (Å²) in [5.41, 5.74) is 1.98. The molecule has 0 saturated heterocycles. The third-order valence-electron chi connectivity index (χ3n) is 3.48. The van der Waals surface area contributed by atoms with Gasteiger partial charge in [0.05, 0.1) is 5.69 Å². The van der Waals surface area contributed by atoms with Crippen molar-refractivity contribution in [2.24, 2.45) is 7.05 Å². The van der Waals surface area contributed by atoms with Crippen molar-refractivity contribution >= 4 is 11.9 Å². The third-order valence-corrected chi connectivity index (χ3v) is 3.48. The van der Waals surface area contributed by atoms with Gasteiger partial charge < -0.3 is 15.2 Å². The van der Waals surface area contributed by atoms with Crippen molar-refractivity contribution < 1.29 is 19.4 Å². The van der Waals surface area contributed by atoms with E-state index < -0.39 is 17.9 Å². The molecule has 0 aliphatic carbocycles. The van der Waals surface area contributed by atoms with Crippen molar-refractivity contribution in [1.29, 1.82) is 0 Å². The number of benzene rings is 1. The Kier molecular flexibility index (Phi) is 5.00. The Hall–Kier alpha value is -2.83. The number of carboxylic acid groups (broad SMARTS) is 1. The zero-order chi connectivity index (χ0) is 17.0. The number of amides is 1. The van der Waals surface area contributed by atoms with Crippen LogP contribution in [0.25, 0.3) is 0 Å². The number of carbonyl (C=O) groups excluding carboxylic acids is 1. The normalized spacial score (nSPS) is 11.8. The first kappa shape index (κ1) is 16.5. The number of aliphatic carboxylic acids is 1. The van der Waals surface area contributed by atoms with E-state index in [9.17, 15) is 14.7 Å². The van der Waals surface area contributed by atoms with Crippen LogP contribution in [0.2, 0.25) is 0 Å². The average Bonchev–Trinajstić information content (AvgIpc) is 2.76. The molecule has 0 radical (unpaired) electrons. The van der Waals surface area contributed by atoms with Gasteiger partial charge >= 0.3 is 5.97 Å². The van der Waals surface area contributed by atoms with Gasteiger partial charge in [-0.1, -0.05) is 30.3 Å².